The summed E-state index contributed by atoms with van der Waals surface area (Å²) in [6.07, 6.45) is 0. The topological polar surface area (TPSA) is 149 Å². The molecule has 0 bridgehead atoms. The van der Waals surface area contributed by atoms with Crippen LogP contribution in [0.1, 0.15) is 20.7 Å². The first kappa shape index (κ1) is 14.9. The second-order valence-corrected chi connectivity index (χ2v) is 6.26. The molecule has 0 saturated carbocycles. The van der Waals surface area contributed by atoms with Crippen molar-refractivity contribution in [2.24, 2.45) is 0 Å². The van der Waals surface area contributed by atoms with Gasteiger partial charge in [0, 0.05) is 11.1 Å². The standard InChI is InChI=1S/C8H8O8P2/c9-7(17(11,12)13)5-1-2-6(4-3-5)8(10)18(14,15)16/h1-4H,(H2,11,12,13)(H2,14,15,16). The molecule has 10 heteroatoms. The Morgan fingerprint density at radius 2 is 0.944 bits per heavy atom. The Bertz CT molecular complexity index is 525. The van der Waals surface area contributed by atoms with Crippen molar-refractivity contribution in [1.82, 2.24) is 0 Å². The molecule has 1 aromatic rings. The zero-order valence-electron chi connectivity index (χ0n) is 8.63. The normalized spacial score (nSPS) is 12.2. The van der Waals surface area contributed by atoms with Crippen LogP contribution in [-0.2, 0) is 9.13 Å². The van der Waals surface area contributed by atoms with E-state index in [0.29, 0.717) is 0 Å². The highest BCUT2D eigenvalue weighted by Gasteiger charge is 2.29. The monoisotopic (exact) mass is 294 g/mol. The van der Waals surface area contributed by atoms with Crippen LogP contribution in [0.15, 0.2) is 24.3 Å². The Morgan fingerprint density at radius 1 is 0.722 bits per heavy atom. The van der Waals surface area contributed by atoms with E-state index in [-0.39, 0.29) is 11.1 Å². The second kappa shape index (κ2) is 4.85. The highest BCUT2D eigenvalue weighted by atomic mass is 31.2. The third-order valence-corrected chi connectivity index (χ3v) is 3.48. The zero-order valence-corrected chi connectivity index (χ0v) is 10.4. The molecule has 0 aromatic heterocycles. The molecule has 0 aliphatic rings. The van der Waals surface area contributed by atoms with Crippen LogP contribution in [0.5, 0.6) is 0 Å². The van der Waals surface area contributed by atoms with E-state index in [2.05, 4.69) is 0 Å². The van der Waals surface area contributed by atoms with E-state index in [0.717, 1.165) is 24.3 Å². The summed E-state index contributed by atoms with van der Waals surface area (Å²) < 4.78 is 21.3. The summed E-state index contributed by atoms with van der Waals surface area (Å²) in [7, 11) is -9.85. The van der Waals surface area contributed by atoms with E-state index >= 15 is 0 Å². The summed E-state index contributed by atoms with van der Waals surface area (Å²) in [5.74, 6) is 0. The van der Waals surface area contributed by atoms with Crippen molar-refractivity contribution in [1.29, 1.82) is 0 Å². The van der Waals surface area contributed by atoms with Gasteiger partial charge >= 0.3 is 15.2 Å². The molecule has 18 heavy (non-hydrogen) atoms. The van der Waals surface area contributed by atoms with E-state index in [1.54, 1.807) is 0 Å². The van der Waals surface area contributed by atoms with Crippen LogP contribution in [-0.4, -0.2) is 30.6 Å². The van der Waals surface area contributed by atoms with Crippen LogP contribution in [0, 0.1) is 0 Å². The summed E-state index contributed by atoms with van der Waals surface area (Å²) in [5, 5.41) is 0. The van der Waals surface area contributed by atoms with Crippen molar-refractivity contribution < 1.29 is 38.3 Å². The number of rotatable bonds is 4. The molecule has 98 valence electrons. The Labute approximate surface area is 101 Å². The van der Waals surface area contributed by atoms with Crippen LogP contribution in [0.25, 0.3) is 0 Å². The van der Waals surface area contributed by atoms with Gasteiger partial charge in [0.15, 0.2) is 0 Å². The van der Waals surface area contributed by atoms with E-state index in [9.17, 15) is 18.7 Å². The predicted molar refractivity (Wildman–Crippen MR) is 59.2 cm³/mol. The lowest BCUT2D eigenvalue weighted by Crippen LogP contribution is -2.03. The third-order valence-electron chi connectivity index (χ3n) is 1.91. The average molecular weight is 294 g/mol. The lowest BCUT2D eigenvalue weighted by molar-refractivity contribution is 0.103. The van der Waals surface area contributed by atoms with Crippen molar-refractivity contribution in [2.75, 3.05) is 0 Å². The van der Waals surface area contributed by atoms with Gasteiger partial charge in [-0.1, -0.05) is 0 Å². The summed E-state index contributed by atoms with van der Waals surface area (Å²) in [5.41, 5.74) is -3.58. The van der Waals surface area contributed by atoms with Crippen LogP contribution in [0.3, 0.4) is 0 Å². The SMILES string of the molecule is O=C(c1ccc(C(=O)P(=O)(O)O)cc1)P(=O)(O)O. The lowest BCUT2D eigenvalue weighted by atomic mass is 10.2. The largest absolute Gasteiger partial charge is 0.396 e. The van der Waals surface area contributed by atoms with Crippen LogP contribution in [0.4, 0.5) is 0 Å². The van der Waals surface area contributed by atoms with Gasteiger partial charge in [0.05, 0.1) is 0 Å². The van der Waals surface area contributed by atoms with Crippen LogP contribution < -0.4 is 0 Å². The number of hydrogen-bond donors (Lipinski definition) is 4. The maximum atomic E-state index is 11.1. The molecule has 8 nitrogen and oxygen atoms in total. The molecular formula is C8H8O8P2. The summed E-state index contributed by atoms with van der Waals surface area (Å²) in [6.45, 7) is 0. The number of benzene rings is 1. The van der Waals surface area contributed by atoms with Crippen molar-refractivity contribution in [3.8, 4) is 0 Å². The first-order valence-corrected chi connectivity index (χ1v) is 7.57. The average Bonchev–Trinajstić information content (AvgIpc) is 2.25. The molecule has 4 N–H and O–H groups in total. The van der Waals surface area contributed by atoms with Gasteiger partial charge in [-0.15, -0.1) is 0 Å². The molecule has 0 atom stereocenters. The summed E-state index contributed by atoms with van der Waals surface area (Å²) in [4.78, 5) is 56.8. The quantitative estimate of drug-likeness (QED) is 0.580. The molecule has 0 unspecified atom stereocenters. The number of carbonyl (C=O) groups is 2. The maximum absolute atomic E-state index is 11.1. The minimum Gasteiger partial charge on any atom is -0.319 e. The molecule has 0 radical (unpaired) electrons. The fourth-order valence-electron chi connectivity index (χ4n) is 1.09. The van der Waals surface area contributed by atoms with Crippen LogP contribution in [0.2, 0.25) is 0 Å². The first-order chi connectivity index (χ1) is 8.03. The number of hydrogen-bond acceptors (Lipinski definition) is 4. The Balaban J connectivity index is 3.09. The van der Waals surface area contributed by atoms with Gasteiger partial charge in [-0.3, -0.25) is 18.7 Å². The fourth-order valence-corrected chi connectivity index (χ4v) is 2.06. The summed E-state index contributed by atoms with van der Waals surface area (Å²) in [6, 6.07) is 3.63. The Kier molecular flexibility index (Phi) is 4.02. The maximum Gasteiger partial charge on any atom is 0.396 e. The minimum atomic E-state index is -4.93. The van der Waals surface area contributed by atoms with Crippen molar-refractivity contribution in [3.63, 3.8) is 0 Å². The molecule has 1 rings (SSSR count). The Hall–Kier alpha value is -1.14. The van der Waals surface area contributed by atoms with Crippen molar-refractivity contribution in [2.45, 2.75) is 0 Å². The Morgan fingerprint density at radius 3 is 1.11 bits per heavy atom. The van der Waals surface area contributed by atoms with Gasteiger partial charge in [0.1, 0.15) is 0 Å². The van der Waals surface area contributed by atoms with Gasteiger partial charge in [0.25, 0.3) is 11.0 Å². The van der Waals surface area contributed by atoms with Gasteiger partial charge in [-0.05, 0) is 24.3 Å². The lowest BCUT2D eigenvalue weighted by Gasteiger charge is -2.05. The van der Waals surface area contributed by atoms with E-state index in [1.807, 2.05) is 0 Å². The number of carbonyl (C=O) groups excluding carboxylic acids is 2. The molecule has 0 aliphatic carbocycles. The van der Waals surface area contributed by atoms with Crippen molar-refractivity contribution in [3.05, 3.63) is 35.4 Å². The van der Waals surface area contributed by atoms with Gasteiger partial charge in [-0.2, -0.15) is 0 Å². The highest BCUT2D eigenvalue weighted by Crippen LogP contribution is 2.41. The van der Waals surface area contributed by atoms with E-state index in [4.69, 9.17) is 19.6 Å². The molecule has 0 fully saturated rings. The smallest absolute Gasteiger partial charge is 0.319 e. The van der Waals surface area contributed by atoms with Gasteiger partial charge < -0.3 is 19.6 Å². The van der Waals surface area contributed by atoms with Crippen molar-refractivity contribution >= 4 is 26.2 Å². The molecule has 1 aromatic carbocycles. The van der Waals surface area contributed by atoms with E-state index < -0.39 is 26.2 Å². The fraction of sp³-hybridized carbons (Fsp3) is 0. The molecule has 0 heterocycles. The minimum absolute atomic E-state index is 0.356. The second-order valence-electron chi connectivity index (χ2n) is 3.28. The highest BCUT2D eigenvalue weighted by molar-refractivity contribution is 7.71. The molecule has 0 saturated heterocycles. The van der Waals surface area contributed by atoms with E-state index in [1.165, 1.54) is 0 Å². The molecule has 0 amide bonds. The first-order valence-electron chi connectivity index (χ1n) is 4.34. The predicted octanol–water partition coefficient (Wildman–Crippen LogP) is 0.322. The molecule has 0 aliphatic heterocycles. The zero-order chi connectivity index (χ0) is 14.1. The summed E-state index contributed by atoms with van der Waals surface area (Å²) >= 11 is 0. The molecular weight excluding hydrogens is 286 g/mol. The van der Waals surface area contributed by atoms with Gasteiger partial charge in [-0.25, -0.2) is 0 Å². The molecule has 0 spiro atoms. The third kappa shape index (κ3) is 3.43. The van der Waals surface area contributed by atoms with Crippen LogP contribution >= 0.6 is 15.2 Å². The van der Waals surface area contributed by atoms with Gasteiger partial charge in [0.2, 0.25) is 0 Å².